The summed E-state index contributed by atoms with van der Waals surface area (Å²) in [7, 11) is 0. The van der Waals surface area contributed by atoms with Crippen molar-refractivity contribution in [3.8, 4) is 0 Å². The fourth-order valence-corrected chi connectivity index (χ4v) is 1.96. The van der Waals surface area contributed by atoms with Crippen LogP contribution < -0.4 is 5.73 Å². The molecule has 0 spiro atoms. The zero-order chi connectivity index (χ0) is 8.32. The summed E-state index contributed by atoms with van der Waals surface area (Å²) in [6.45, 7) is 5.63. The summed E-state index contributed by atoms with van der Waals surface area (Å²) < 4.78 is 0. The lowest BCUT2D eigenvalue weighted by atomic mass is 9.70. The second-order valence-electron chi connectivity index (χ2n) is 4.34. The van der Waals surface area contributed by atoms with Gasteiger partial charge in [0.05, 0.1) is 0 Å². The normalized spacial score (nSPS) is 39.0. The molecule has 0 unspecified atom stereocenters. The van der Waals surface area contributed by atoms with Gasteiger partial charge in [0.2, 0.25) is 0 Å². The van der Waals surface area contributed by atoms with Crippen LogP contribution in [-0.4, -0.2) is 6.54 Å². The molecule has 66 valence electrons. The average Bonchev–Trinajstić information content (AvgIpc) is 2.06. The van der Waals surface area contributed by atoms with Gasteiger partial charge in [0.15, 0.2) is 0 Å². The summed E-state index contributed by atoms with van der Waals surface area (Å²) in [4.78, 5) is 0. The molecule has 1 aliphatic rings. The van der Waals surface area contributed by atoms with Crippen LogP contribution in [0.3, 0.4) is 0 Å². The molecule has 0 amide bonds. The molecule has 1 saturated carbocycles. The second kappa shape index (κ2) is 3.57. The molecule has 1 rings (SSSR count). The third kappa shape index (κ3) is 2.19. The van der Waals surface area contributed by atoms with Crippen molar-refractivity contribution in [1.82, 2.24) is 0 Å². The van der Waals surface area contributed by atoms with Crippen molar-refractivity contribution in [2.45, 2.75) is 46.0 Å². The van der Waals surface area contributed by atoms with Gasteiger partial charge in [0, 0.05) is 0 Å². The Balaban J connectivity index is 2.35. The molecule has 0 aromatic carbocycles. The highest BCUT2D eigenvalue weighted by molar-refractivity contribution is 4.81. The van der Waals surface area contributed by atoms with E-state index < -0.39 is 0 Å². The SMILES string of the molecule is CCC1(C)CCC(CN)CC1. The monoisotopic (exact) mass is 155 g/mol. The van der Waals surface area contributed by atoms with Crippen LogP contribution >= 0.6 is 0 Å². The smallest absolute Gasteiger partial charge is 0.00489 e. The molecule has 1 heteroatoms. The third-order valence-electron chi connectivity index (χ3n) is 3.50. The first-order valence-corrected chi connectivity index (χ1v) is 4.90. The van der Waals surface area contributed by atoms with Gasteiger partial charge in [-0.25, -0.2) is 0 Å². The molecule has 1 fully saturated rings. The molecular formula is C10H21N. The number of rotatable bonds is 2. The van der Waals surface area contributed by atoms with Crippen molar-refractivity contribution in [1.29, 1.82) is 0 Å². The molecule has 2 N–H and O–H groups in total. The van der Waals surface area contributed by atoms with E-state index >= 15 is 0 Å². The molecule has 1 nitrogen and oxygen atoms in total. The fourth-order valence-electron chi connectivity index (χ4n) is 1.96. The first-order chi connectivity index (χ1) is 5.20. The van der Waals surface area contributed by atoms with Gasteiger partial charge in [-0.15, -0.1) is 0 Å². The average molecular weight is 155 g/mol. The minimum atomic E-state index is 0.645. The Morgan fingerprint density at radius 1 is 1.36 bits per heavy atom. The van der Waals surface area contributed by atoms with Gasteiger partial charge in [-0.2, -0.15) is 0 Å². The van der Waals surface area contributed by atoms with Crippen LogP contribution in [-0.2, 0) is 0 Å². The summed E-state index contributed by atoms with van der Waals surface area (Å²) in [6, 6.07) is 0. The van der Waals surface area contributed by atoms with Gasteiger partial charge in [0.1, 0.15) is 0 Å². The Hall–Kier alpha value is -0.0400. The first-order valence-electron chi connectivity index (χ1n) is 4.90. The molecular weight excluding hydrogens is 134 g/mol. The second-order valence-corrected chi connectivity index (χ2v) is 4.34. The minimum absolute atomic E-state index is 0.645. The van der Waals surface area contributed by atoms with E-state index in [1.54, 1.807) is 0 Å². The van der Waals surface area contributed by atoms with E-state index in [-0.39, 0.29) is 0 Å². The van der Waals surface area contributed by atoms with Gasteiger partial charge < -0.3 is 5.73 Å². The van der Waals surface area contributed by atoms with Crippen molar-refractivity contribution in [2.75, 3.05) is 6.54 Å². The minimum Gasteiger partial charge on any atom is -0.330 e. The molecule has 0 aromatic heterocycles. The molecule has 0 radical (unpaired) electrons. The van der Waals surface area contributed by atoms with Crippen LogP contribution in [0.4, 0.5) is 0 Å². The lowest BCUT2D eigenvalue weighted by Crippen LogP contribution is -2.27. The predicted octanol–water partition coefficient (Wildman–Crippen LogP) is 2.55. The van der Waals surface area contributed by atoms with Crippen LogP contribution in [0.5, 0.6) is 0 Å². The summed E-state index contributed by atoms with van der Waals surface area (Å²) in [6.07, 6.45) is 6.85. The maximum absolute atomic E-state index is 5.63. The van der Waals surface area contributed by atoms with Crippen molar-refractivity contribution in [3.63, 3.8) is 0 Å². The lowest BCUT2D eigenvalue weighted by molar-refractivity contribution is 0.167. The van der Waals surface area contributed by atoms with E-state index in [2.05, 4.69) is 13.8 Å². The van der Waals surface area contributed by atoms with Gasteiger partial charge in [-0.3, -0.25) is 0 Å². The summed E-state index contributed by atoms with van der Waals surface area (Å²) >= 11 is 0. The number of hydrogen-bond donors (Lipinski definition) is 1. The molecule has 0 aromatic rings. The van der Waals surface area contributed by atoms with Gasteiger partial charge in [-0.05, 0) is 43.6 Å². The molecule has 0 bridgehead atoms. The molecule has 1 aliphatic carbocycles. The van der Waals surface area contributed by atoms with Crippen LogP contribution in [0, 0.1) is 11.3 Å². The Morgan fingerprint density at radius 3 is 2.27 bits per heavy atom. The predicted molar refractivity (Wildman–Crippen MR) is 49.4 cm³/mol. The summed E-state index contributed by atoms with van der Waals surface area (Å²) in [5, 5.41) is 0. The van der Waals surface area contributed by atoms with Crippen molar-refractivity contribution in [3.05, 3.63) is 0 Å². The van der Waals surface area contributed by atoms with Gasteiger partial charge in [-0.1, -0.05) is 20.3 Å². The molecule has 0 atom stereocenters. The van der Waals surface area contributed by atoms with Crippen LogP contribution in [0.15, 0.2) is 0 Å². The largest absolute Gasteiger partial charge is 0.330 e. The van der Waals surface area contributed by atoms with Crippen LogP contribution in [0.25, 0.3) is 0 Å². The van der Waals surface area contributed by atoms with Gasteiger partial charge in [0.25, 0.3) is 0 Å². The summed E-state index contributed by atoms with van der Waals surface area (Å²) in [5.41, 5.74) is 6.28. The zero-order valence-electron chi connectivity index (χ0n) is 7.90. The Kier molecular flexibility index (Phi) is 2.94. The van der Waals surface area contributed by atoms with Crippen molar-refractivity contribution < 1.29 is 0 Å². The zero-order valence-corrected chi connectivity index (χ0v) is 7.90. The maximum atomic E-state index is 5.63. The number of nitrogens with two attached hydrogens (primary N) is 1. The van der Waals surface area contributed by atoms with Crippen molar-refractivity contribution >= 4 is 0 Å². The fraction of sp³-hybridized carbons (Fsp3) is 1.00. The highest BCUT2D eigenvalue weighted by Gasteiger charge is 2.28. The Morgan fingerprint density at radius 2 is 1.91 bits per heavy atom. The highest BCUT2D eigenvalue weighted by atomic mass is 14.6. The standard InChI is InChI=1S/C10H21N/c1-3-10(2)6-4-9(8-11)5-7-10/h9H,3-8,11H2,1-2H3. The van der Waals surface area contributed by atoms with E-state index in [4.69, 9.17) is 5.73 Å². The first kappa shape index (κ1) is 9.05. The van der Waals surface area contributed by atoms with E-state index in [0.717, 1.165) is 12.5 Å². The van der Waals surface area contributed by atoms with Crippen LogP contribution in [0.1, 0.15) is 46.0 Å². The molecule has 11 heavy (non-hydrogen) atoms. The third-order valence-corrected chi connectivity index (χ3v) is 3.50. The molecule has 0 heterocycles. The topological polar surface area (TPSA) is 26.0 Å². The quantitative estimate of drug-likeness (QED) is 0.651. The number of hydrogen-bond acceptors (Lipinski definition) is 1. The lowest BCUT2D eigenvalue weighted by Gasteiger charge is -2.36. The maximum Gasteiger partial charge on any atom is -0.00489 e. The van der Waals surface area contributed by atoms with Crippen molar-refractivity contribution in [2.24, 2.45) is 17.1 Å². The van der Waals surface area contributed by atoms with Gasteiger partial charge >= 0.3 is 0 Å². The van der Waals surface area contributed by atoms with Crippen LogP contribution in [0.2, 0.25) is 0 Å². The summed E-state index contributed by atoms with van der Waals surface area (Å²) in [5.74, 6) is 0.828. The highest BCUT2D eigenvalue weighted by Crippen LogP contribution is 2.40. The van der Waals surface area contributed by atoms with E-state index in [9.17, 15) is 0 Å². The van der Waals surface area contributed by atoms with E-state index in [1.807, 2.05) is 0 Å². The van der Waals surface area contributed by atoms with E-state index in [0.29, 0.717) is 5.41 Å². The Labute approximate surface area is 70.4 Å². The Bertz CT molecular complexity index is 112. The molecule has 0 saturated heterocycles. The molecule has 0 aliphatic heterocycles. The van der Waals surface area contributed by atoms with E-state index in [1.165, 1.54) is 32.1 Å².